The van der Waals surface area contributed by atoms with Gasteiger partial charge >= 0.3 is 0 Å². The maximum Gasteiger partial charge on any atom is 0.170 e. The summed E-state index contributed by atoms with van der Waals surface area (Å²) in [7, 11) is 0. The number of piperidine rings is 1. The molecule has 0 atom stereocenters. The number of benzene rings is 2. The second-order valence-corrected chi connectivity index (χ2v) is 9.82. The number of rotatable bonds is 2. The zero-order chi connectivity index (χ0) is 23.4. The Bertz CT molecular complexity index is 1440. The van der Waals surface area contributed by atoms with E-state index in [1.807, 2.05) is 37.3 Å². The van der Waals surface area contributed by atoms with Crippen LogP contribution < -0.4 is 9.64 Å². The molecule has 0 aliphatic carbocycles. The lowest BCUT2D eigenvalue weighted by atomic mass is 9.82. The first-order chi connectivity index (χ1) is 16.4. The first kappa shape index (κ1) is 21.4. The van der Waals surface area contributed by atoms with Crippen molar-refractivity contribution in [2.24, 2.45) is 0 Å². The molecule has 6 rings (SSSR count). The number of aryl methyl sites for hydroxylation is 1. The minimum atomic E-state index is -0.504. The third-order valence-corrected chi connectivity index (χ3v) is 7.17. The molecule has 9 heteroatoms. The van der Waals surface area contributed by atoms with E-state index < -0.39 is 5.60 Å². The molecule has 172 valence electrons. The van der Waals surface area contributed by atoms with Crippen LogP contribution in [0, 0.1) is 6.92 Å². The number of anilines is 1. The highest BCUT2D eigenvalue weighted by Gasteiger charge is 2.44. The number of nitrogens with zero attached hydrogens (tertiary/aromatic N) is 5. The number of hydrogen-bond donors (Lipinski definition) is 0. The van der Waals surface area contributed by atoms with Crippen LogP contribution in [-0.4, -0.2) is 44.2 Å². The maximum atomic E-state index is 13.0. The molecule has 0 unspecified atom stereocenters. The Morgan fingerprint density at radius 3 is 2.68 bits per heavy atom. The van der Waals surface area contributed by atoms with Crippen LogP contribution in [0.1, 0.15) is 35.2 Å². The highest BCUT2D eigenvalue weighted by atomic mass is 35.5. The molecule has 34 heavy (non-hydrogen) atoms. The average Bonchev–Trinajstić information content (AvgIpc) is 3.25. The molecule has 1 spiro atoms. The predicted octanol–water partition coefficient (Wildman–Crippen LogP) is 5.44. The second kappa shape index (κ2) is 7.96. The van der Waals surface area contributed by atoms with Gasteiger partial charge in [-0.15, -0.1) is 0 Å². The third kappa shape index (κ3) is 3.51. The van der Waals surface area contributed by atoms with E-state index in [0.717, 1.165) is 28.1 Å². The van der Waals surface area contributed by atoms with E-state index in [1.54, 1.807) is 23.3 Å². The Kier molecular flexibility index (Phi) is 5.00. The maximum absolute atomic E-state index is 13.0. The van der Waals surface area contributed by atoms with E-state index in [2.05, 4.69) is 20.0 Å². The van der Waals surface area contributed by atoms with Gasteiger partial charge in [0, 0.05) is 36.0 Å². The number of ether oxygens (including phenoxy) is 1. The van der Waals surface area contributed by atoms with Crippen LogP contribution in [0.3, 0.4) is 0 Å². The largest absolute Gasteiger partial charge is 0.486 e. The highest BCUT2D eigenvalue weighted by molar-refractivity contribution is 6.31. The van der Waals surface area contributed by atoms with E-state index in [-0.39, 0.29) is 5.78 Å². The molecule has 7 nitrogen and oxygen atoms in total. The molecule has 0 radical (unpaired) electrons. The summed E-state index contributed by atoms with van der Waals surface area (Å²) in [5.74, 6) is 1.59. The van der Waals surface area contributed by atoms with Crippen molar-refractivity contribution in [2.45, 2.75) is 31.8 Å². The number of hydrogen-bond acceptors (Lipinski definition) is 6. The van der Waals surface area contributed by atoms with Gasteiger partial charge in [0.25, 0.3) is 0 Å². The molecule has 1 fully saturated rings. The van der Waals surface area contributed by atoms with E-state index >= 15 is 0 Å². The van der Waals surface area contributed by atoms with E-state index in [4.69, 9.17) is 27.9 Å². The number of aromatic nitrogens is 4. The van der Waals surface area contributed by atoms with Crippen molar-refractivity contribution in [1.82, 2.24) is 19.7 Å². The van der Waals surface area contributed by atoms with Gasteiger partial charge < -0.3 is 9.64 Å². The summed E-state index contributed by atoms with van der Waals surface area (Å²) in [6, 6.07) is 11.1. The molecule has 4 aromatic rings. The van der Waals surface area contributed by atoms with Crippen molar-refractivity contribution < 1.29 is 9.53 Å². The number of ketones is 1. The summed E-state index contributed by atoms with van der Waals surface area (Å²) in [6.07, 6.45) is 5.15. The van der Waals surface area contributed by atoms with E-state index in [0.29, 0.717) is 53.7 Å². The van der Waals surface area contributed by atoms with Crippen molar-refractivity contribution in [1.29, 1.82) is 0 Å². The first-order valence-electron chi connectivity index (χ1n) is 11.1. The van der Waals surface area contributed by atoms with Gasteiger partial charge in [0.05, 0.1) is 29.3 Å². The molecule has 4 heterocycles. The Balaban J connectivity index is 1.28. The van der Waals surface area contributed by atoms with Crippen LogP contribution in [0.4, 0.5) is 5.82 Å². The number of halogens is 2. The lowest BCUT2D eigenvalue weighted by Crippen LogP contribution is -2.51. The van der Waals surface area contributed by atoms with Crippen molar-refractivity contribution in [3.63, 3.8) is 0 Å². The molecule has 2 aliphatic rings. The zero-order valence-electron chi connectivity index (χ0n) is 18.5. The lowest BCUT2D eigenvalue weighted by Gasteiger charge is -2.44. The minimum Gasteiger partial charge on any atom is -0.486 e. The molecule has 0 saturated carbocycles. The SMILES string of the molecule is Cc1cc(Cl)cc2c1OC1(CCN(c3ncnc4c3cnn4-c3cccc(Cl)c3)CC1)CC2=O. The molecule has 2 aromatic carbocycles. The van der Waals surface area contributed by atoms with Gasteiger partial charge in [-0.1, -0.05) is 29.3 Å². The standard InChI is InChI=1S/C25H21Cl2N5O2/c1-15-9-17(27)11-19-21(33)12-25(34-22(15)19)5-7-31(8-6-25)23-20-13-30-32(24(20)29-14-28-23)18-4-2-3-16(26)10-18/h2-4,9-11,13-14H,5-8,12H2,1H3. The summed E-state index contributed by atoms with van der Waals surface area (Å²) < 4.78 is 8.26. The van der Waals surface area contributed by atoms with Gasteiger partial charge in [0.15, 0.2) is 11.4 Å². The van der Waals surface area contributed by atoms with Crippen LogP contribution in [0.25, 0.3) is 16.7 Å². The summed E-state index contributed by atoms with van der Waals surface area (Å²) >= 11 is 12.3. The molecule has 2 aliphatic heterocycles. The van der Waals surface area contributed by atoms with Crippen LogP contribution in [0.2, 0.25) is 10.0 Å². The van der Waals surface area contributed by atoms with E-state index in [9.17, 15) is 4.79 Å². The van der Waals surface area contributed by atoms with Crippen molar-refractivity contribution in [3.05, 3.63) is 70.1 Å². The van der Waals surface area contributed by atoms with Gasteiger partial charge in [0.2, 0.25) is 0 Å². The molecule has 2 aromatic heterocycles. The summed E-state index contributed by atoms with van der Waals surface area (Å²) in [5, 5.41) is 6.61. The number of carbonyl (C=O) groups excluding carboxylic acids is 1. The quantitative estimate of drug-likeness (QED) is 0.370. The highest BCUT2D eigenvalue weighted by Crippen LogP contribution is 2.43. The fourth-order valence-corrected chi connectivity index (χ4v) is 5.46. The Morgan fingerprint density at radius 2 is 1.88 bits per heavy atom. The monoisotopic (exact) mass is 493 g/mol. The molecule has 0 amide bonds. The molecular weight excluding hydrogens is 473 g/mol. The molecule has 0 N–H and O–H groups in total. The topological polar surface area (TPSA) is 73.1 Å². The van der Waals surface area contributed by atoms with Gasteiger partial charge in [-0.05, 0) is 42.8 Å². The number of carbonyl (C=O) groups is 1. The summed E-state index contributed by atoms with van der Waals surface area (Å²) in [6.45, 7) is 3.36. The van der Waals surface area contributed by atoms with Gasteiger partial charge in [0.1, 0.15) is 23.5 Å². The van der Waals surface area contributed by atoms with Crippen molar-refractivity contribution >= 4 is 45.8 Å². The van der Waals surface area contributed by atoms with E-state index in [1.165, 1.54) is 0 Å². The Labute approximate surface area is 206 Å². The Morgan fingerprint density at radius 1 is 1.06 bits per heavy atom. The van der Waals surface area contributed by atoms with Crippen molar-refractivity contribution in [3.8, 4) is 11.4 Å². The van der Waals surface area contributed by atoms with Crippen molar-refractivity contribution in [2.75, 3.05) is 18.0 Å². The second-order valence-electron chi connectivity index (χ2n) is 8.94. The zero-order valence-corrected chi connectivity index (χ0v) is 20.0. The molecule has 0 bridgehead atoms. The number of Topliss-reactive ketones (excluding diaryl/α,β-unsaturated/α-hetero) is 1. The summed E-state index contributed by atoms with van der Waals surface area (Å²) in [5.41, 5.74) is 2.54. The first-order valence-corrected chi connectivity index (χ1v) is 11.9. The van der Waals surface area contributed by atoms with Gasteiger partial charge in [-0.25, -0.2) is 14.6 Å². The van der Waals surface area contributed by atoms with Gasteiger partial charge in [-0.2, -0.15) is 5.10 Å². The van der Waals surface area contributed by atoms with Crippen LogP contribution in [-0.2, 0) is 0 Å². The average molecular weight is 494 g/mol. The third-order valence-electron chi connectivity index (χ3n) is 6.71. The van der Waals surface area contributed by atoms with Crippen LogP contribution >= 0.6 is 23.2 Å². The molecular formula is C25H21Cl2N5O2. The predicted molar refractivity (Wildman–Crippen MR) is 132 cm³/mol. The molecule has 1 saturated heterocycles. The van der Waals surface area contributed by atoms with Crippen LogP contribution in [0.15, 0.2) is 48.9 Å². The normalized spacial score (nSPS) is 17.1. The van der Waals surface area contributed by atoms with Crippen LogP contribution in [0.5, 0.6) is 5.75 Å². The smallest absolute Gasteiger partial charge is 0.170 e. The van der Waals surface area contributed by atoms with Gasteiger partial charge in [-0.3, -0.25) is 4.79 Å². The fraction of sp³-hybridized carbons (Fsp3) is 0.280. The minimum absolute atomic E-state index is 0.0903. The summed E-state index contributed by atoms with van der Waals surface area (Å²) in [4.78, 5) is 24.2. The Hall–Kier alpha value is -3.16. The number of fused-ring (bicyclic) bond motifs is 2. The lowest BCUT2D eigenvalue weighted by molar-refractivity contribution is 0.0225. The fourth-order valence-electron chi connectivity index (χ4n) is 5.00.